The number of rotatable bonds is 7. The first kappa shape index (κ1) is 28.7. The van der Waals surface area contributed by atoms with Gasteiger partial charge in [-0.2, -0.15) is 4.68 Å². The van der Waals surface area contributed by atoms with Crippen molar-refractivity contribution in [2.75, 3.05) is 6.79 Å². The van der Waals surface area contributed by atoms with Gasteiger partial charge in [0, 0.05) is 40.7 Å². The van der Waals surface area contributed by atoms with Crippen molar-refractivity contribution in [2.24, 2.45) is 10.4 Å². The molecular weight excluding hydrogens is 592 g/mol. The van der Waals surface area contributed by atoms with Crippen molar-refractivity contribution in [1.29, 1.82) is 0 Å². The van der Waals surface area contributed by atoms with Gasteiger partial charge < -0.3 is 14.0 Å². The smallest absolute Gasteiger partial charge is 0.351 e. The number of aryl methyl sites for hydroxylation is 1. The molecule has 1 atom stereocenters. The molecule has 11 nitrogen and oxygen atoms in total. The molecule has 6 rings (SSSR count). The Hall–Kier alpha value is -4.42. The molecule has 3 aromatic heterocycles. The van der Waals surface area contributed by atoms with Gasteiger partial charge in [0.25, 0.3) is 5.56 Å². The number of aromatic nitrogens is 5. The Kier molecular flexibility index (Phi) is 7.57. The molecule has 0 saturated carbocycles. The van der Waals surface area contributed by atoms with Crippen LogP contribution in [-0.4, -0.2) is 49.2 Å². The fraction of sp³-hybridized carbons (Fsp3) is 0.300. The number of esters is 2. The zero-order valence-corrected chi connectivity index (χ0v) is 25.2. The minimum Gasteiger partial charge on any atom is -0.427 e. The molecule has 13 heteroatoms. The molecule has 1 aromatic carbocycles. The first-order chi connectivity index (χ1) is 20.6. The summed E-state index contributed by atoms with van der Waals surface area (Å²) >= 11 is 7.57. The van der Waals surface area contributed by atoms with Crippen LogP contribution in [0.2, 0.25) is 5.02 Å². The fourth-order valence-electron chi connectivity index (χ4n) is 5.14. The lowest BCUT2D eigenvalue weighted by Gasteiger charge is -2.17. The van der Waals surface area contributed by atoms with Crippen LogP contribution in [0.5, 0.6) is 0 Å². The molecule has 0 aliphatic carbocycles. The third kappa shape index (κ3) is 5.80. The van der Waals surface area contributed by atoms with Crippen LogP contribution in [0, 0.1) is 5.41 Å². The molecule has 0 amide bonds. The maximum atomic E-state index is 13.5. The first-order valence-corrected chi connectivity index (χ1v) is 14.8. The summed E-state index contributed by atoms with van der Waals surface area (Å²) in [5.74, 6) is -1.01. The number of carbonyl (C=O) groups excluding carboxylic acids is 2. The lowest BCUT2D eigenvalue weighted by molar-refractivity contribution is -0.161. The van der Waals surface area contributed by atoms with E-state index in [1.165, 1.54) is 22.3 Å². The van der Waals surface area contributed by atoms with Gasteiger partial charge in [0.15, 0.2) is 0 Å². The minimum absolute atomic E-state index is 0.124. The Morgan fingerprint density at radius 2 is 1.95 bits per heavy atom. The van der Waals surface area contributed by atoms with Gasteiger partial charge in [0.05, 0.1) is 17.1 Å². The average Bonchev–Trinajstić information content (AvgIpc) is 3.78. The Morgan fingerprint density at radius 1 is 1.12 bits per heavy atom. The molecule has 43 heavy (non-hydrogen) atoms. The fourth-order valence-corrected chi connectivity index (χ4v) is 6.14. The van der Waals surface area contributed by atoms with Crippen LogP contribution in [-0.2, 0) is 20.7 Å². The van der Waals surface area contributed by atoms with Crippen LogP contribution in [0.3, 0.4) is 0 Å². The van der Waals surface area contributed by atoms with Crippen LogP contribution in [0.15, 0.2) is 64.1 Å². The molecule has 0 unspecified atom stereocenters. The number of carbonyl (C=O) groups is 2. The van der Waals surface area contributed by atoms with Crippen molar-refractivity contribution < 1.29 is 19.1 Å². The SMILES string of the molecule is CC(C)(C)C(=O)OCOC(=O)c1cc(C2=CN=C([C@@H]3CCc4cc(-c5cc(Cl)ccc5-n5cnnn5)cc(=O)n43)C2)cs1. The third-order valence-electron chi connectivity index (χ3n) is 7.31. The molecule has 0 fully saturated rings. The number of thiophene rings is 1. The van der Waals surface area contributed by atoms with E-state index in [-0.39, 0.29) is 11.6 Å². The number of hydrogen-bond donors (Lipinski definition) is 0. The van der Waals surface area contributed by atoms with Crippen molar-refractivity contribution in [3.8, 4) is 16.8 Å². The largest absolute Gasteiger partial charge is 0.427 e. The van der Waals surface area contributed by atoms with Gasteiger partial charge in [-0.3, -0.25) is 14.6 Å². The quantitative estimate of drug-likeness (QED) is 0.202. The summed E-state index contributed by atoms with van der Waals surface area (Å²) in [6, 6.07) is 10.6. The van der Waals surface area contributed by atoms with Crippen LogP contribution >= 0.6 is 22.9 Å². The number of allylic oxidation sites excluding steroid dienone is 1. The Bertz CT molecular complexity index is 1850. The highest BCUT2D eigenvalue weighted by Crippen LogP contribution is 2.36. The van der Waals surface area contributed by atoms with E-state index >= 15 is 0 Å². The Balaban J connectivity index is 1.15. The summed E-state index contributed by atoms with van der Waals surface area (Å²) < 4.78 is 13.5. The number of ether oxygens (including phenoxy) is 2. The van der Waals surface area contributed by atoms with Crippen molar-refractivity contribution in [3.05, 3.63) is 85.8 Å². The normalized spacial score (nSPS) is 16.0. The number of pyridine rings is 1. The van der Waals surface area contributed by atoms with E-state index < -0.39 is 24.1 Å². The van der Waals surface area contributed by atoms with Gasteiger partial charge in [-0.05, 0) is 96.5 Å². The molecule has 0 radical (unpaired) electrons. The number of benzene rings is 1. The van der Waals surface area contributed by atoms with Crippen LogP contribution in [0.4, 0.5) is 0 Å². The van der Waals surface area contributed by atoms with Crippen molar-refractivity contribution >= 4 is 46.2 Å². The molecular formula is C30H27ClN6O5S. The van der Waals surface area contributed by atoms with E-state index in [9.17, 15) is 14.4 Å². The highest BCUT2D eigenvalue weighted by molar-refractivity contribution is 7.12. The Labute approximate surface area is 255 Å². The topological polar surface area (TPSA) is 131 Å². The second kappa shape index (κ2) is 11.3. The molecule has 4 aromatic rings. The molecule has 2 aliphatic rings. The van der Waals surface area contributed by atoms with E-state index in [0.717, 1.165) is 46.5 Å². The first-order valence-electron chi connectivity index (χ1n) is 13.6. The average molecular weight is 619 g/mol. The van der Waals surface area contributed by atoms with Gasteiger partial charge in [0.1, 0.15) is 11.2 Å². The second-order valence-electron chi connectivity index (χ2n) is 11.3. The second-order valence-corrected chi connectivity index (χ2v) is 12.6. The maximum Gasteiger partial charge on any atom is 0.351 e. The summed E-state index contributed by atoms with van der Waals surface area (Å²) in [6.07, 6.45) is 5.32. The number of hydrogen-bond acceptors (Lipinski definition) is 10. The van der Waals surface area contributed by atoms with E-state index in [4.69, 9.17) is 21.1 Å². The number of fused-ring (bicyclic) bond motifs is 1. The molecule has 0 saturated heterocycles. The van der Waals surface area contributed by atoms with E-state index in [1.54, 1.807) is 51.2 Å². The van der Waals surface area contributed by atoms with E-state index in [1.807, 2.05) is 22.1 Å². The number of halogens is 1. The van der Waals surface area contributed by atoms with Crippen molar-refractivity contribution in [2.45, 2.75) is 46.1 Å². The monoisotopic (exact) mass is 618 g/mol. The molecule has 220 valence electrons. The summed E-state index contributed by atoms with van der Waals surface area (Å²) in [5.41, 5.74) is 5.02. The number of nitrogens with zero attached hydrogens (tertiary/aromatic N) is 6. The van der Waals surface area contributed by atoms with E-state index in [2.05, 4.69) is 20.5 Å². The van der Waals surface area contributed by atoms with Gasteiger partial charge in [0.2, 0.25) is 6.79 Å². The third-order valence-corrected chi connectivity index (χ3v) is 8.45. The van der Waals surface area contributed by atoms with Crippen LogP contribution < -0.4 is 5.56 Å². The molecule has 0 N–H and O–H groups in total. The summed E-state index contributed by atoms with van der Waals surface area (Å²) in [5, 5.41) is 13.9. The number of aliphatic imine (C=N–C) groups is 1. The zero-order chi connectivity index (χ0) is 30.3. The van der Waals surface area contributed by atoms with Gasteiger partial charge in [-0.1, -0.05) is 11.6 Å². The predicted octanol–water partition coefficient (Wildman–Crippen LogP) is 5.28. The molecule has 0 spiro atoms. The zero-order valence-electron chi connectivity index (χ0n) is 23.6. The Morgan fingerprint density at radius 3 is 2.72 bits per heavy atom. The van der Waals surface area contributed by atoms with Gasteiger partial charge in [-0.15, -0.1) is 16.4 Å². The highest BCUT2D eigenvalue weighted by atomic mass is 35.5. The summed E-state index contributed by atoms with van der Waals surface area (Å²) in [6.45, 7) is 4.73. The minimum atomic E-state index is -0.682. The predicted molar refractivity (Wildman–Crippen MR) is 161 cm³/mol. The molecule has 5 heterocycles. The lowest BCUT2D eigenvalue weighted by Crippen LogP contribution is -2.27. The van der Waals surface area contributed by atoms with E-state index in [0.29, 0.717) is 22.0 Å². The maximum absolute atomic E-state index is 13.5. The van der Waals surface area contributed by atoms with Crippen LogP contribution in [0.1, 0.15) is 60.6 Å². The van der Waals surface area contributed by atoms with Crippen LogP contribution in [0.25, 0.3) is 22.4 Å². The summed E-state index contributed by atoms with van der Waals surface area (Å²) in [4.78, 5) is 42.9. The highest BCUT2D eigenvalue weighted by Gasteiger charge is 2.31. The van der Waals surface area contributed by atoms with Crippen molar-refractivity contribution in [1.82, 2.24) is 24.8 Å². The lowest BCUT2D eigenvalue weighted by atomic mass is 9.98. The molecule has 2 aliphatic heterocycles. The molecule has 0 bridgehead atoms. The van der Waals surface area contributed by atoms with Gasteiger partial charge >= 0.3 is 11.9 Å². The van der Waals surface area contributed by atoms with Gasteiger partial charge in [-0.25, -0.2) is 4.79 Å². The standard InChI is InChI=1S/C30H27ClN6O5S/c1-30(2,3)29(40)42-16-41-28(39)26-10-19(14-43-26)18-9-23(32-13-18)25-7-5-21-8-17(11-27(38)37(21)25)22-12-20(31)4-6-24(22)36-15-33-34-35-36/h4,6,8,10-15,25H,5,7,9,16H2,1-3H3/t25-/m0/s1. The summed E-state index contributed by atoms with van der Waals surface area (Å²) in [7, 11) is 0. The number of tetrazole rings is 1. The van der Waals surface area contributed by atoms with Crippen molar-refractivity contribution in [3.63, 3.8) is 0 Å².